The standard InChI is InChI=1S/C14H7Cl2F2N3O2/c1-23-14(22)6-5-19-21-12(16)10(11(15)20-13(6)21)9-7(17)3-2-4-8(9)18/h2-5H,1H3. The average molecular weight is 358 g/mol. The van der Waals surface area contributed by atoms with Crippen molar-refractivity contribution in [1.82, 2.24) is 14.6 Å². The number of carbonyl (C=O) groups excluding carboxylic acids is 1. The summed E-state index contributed by atoms with van der Waals surface area (Å²) in [6.45, 7) is 0. The minimum atomic E-state index is -0.852. The zero-order valence-electron chi connectivity index (χ0n) is 11.5. The summed E-state index contributed by atoms with van der Waals surface area (Å²) < 4.78 is 33.6. The Morgan fingerprint density at radius 3 is 2.48 bits per heavy atom. The molecule has 0 amide bonds. The number of nitrogens with zero attached hydrogens (tertiary/aromatic N) is 3. The maximum Gasteiger partial charge on any atom is 0.343 e. The SMILES string of the molecule is COC(=O)c1cnn2c(Cl)c(-c3c(F)cccc3F)c(Cl)nc12. The van der Waals surface area contributed by atoms with Crippen molar-refractivity contribution >= 4 is 34.8 Å². The lowest BCUT2D eigenvalue weighted by molar-refractivity contribution is 0.0602. The number of fused-ring (bicyclic) bond motifs is 1. The molecule has 0 N–H and O–H groups in total. The summed E-state index contributed by atoms with van der Waals surface area (Å²) in [6.07, 6.45) is 1.18. The third kappa shape index (κ3) is 2.42. The predicted molar refractivity (Wildman–Crippen MR) is 79.7 cm³/mol. The normalized spacial score (nSPS) is 11.0. The van der Waals surface area contributed by atoms with E-state index in [1.807, 2.05) is 0 Å². The number of hydrogen-bond acceptors (Lipinski definition) is 4. The van der Waals surface area contributed by atoms with Gasteiger partial charge in [-0.15, -0.1) is 0 Å². The Labute approximate surface area is 138 Å². The number of rotatable bonds is 2. The Hall–Kier alpha value is -2.25. The highest BCUT2D eigenvalue weighted by atomic mass is 35.5. The fraction of sp³-hybridized carbons (Fsp3) is 0.0714. The summed E-state index contributed by atoms with van der Waals surface area (Å²) in [5, 5.41) is 3.44. The van der Waals surface area contributed by atoms with Crippen molar-refractivity contribution in [2.75, 3.05) is 7.11 Å². The van der Waals surface area contributed by atoms with Crippen molar-refractivity contribution < 1.29 is 18.3 Å². The first-order chi connectivity index (χ1) is 11.0. The Kier molecular flexibility index (Phi) is 3.91. The molecule has 23 heavy (non-hydrogen) atoms. The number of carbonyl (C=O) groups is 1. The van der Waals surface area contributed by atoms with Crippen LogP contribution in [0.25, 0.3) is 16.8 Å². The number of halogens is 4. The van der Waals surface area contributed by atoms with E-state index in [1.54, 1.807) is 0 Å². The Morgan fingerprint density at radius 2 is 1.87 bits per heavy atom. The van der Waals surface area contributed by atoms with Gasteiger partial charge in [-0.2, -0.15) is 5.10 Å². The van der Waals surface area contributed by atoms with Crippen LogP contribution in [0.15, 0.2) is 24.4 Å². The molecule has 3 rings (SSSR count). The van der Waals surface area contributed by atoms with E-state index >= 15 is 0 Å². The molecule has 3 aromatic rings. The van der Waals surface area contributed by atoms with Crippen LogP contribution >= 0.6 is 23.2 Å². The molecule has 2 aromatic heterocycles. The van der Waals surface area contributed by atoms with Crippen LogP contribution < -0.4 is 0 Å². The van der Waals surface area contributed by atoms with Crippen LogP contribution in [0, 0.1) is 11.6 Å². The maximum atomic E-state index is 14.0. The van der Waals surface area contributed by atoms with Crippen molar-refractivity contribution in [3.63, 3.8) is 0 Å². The topological polar surface area (TPSA) is 56.5 Å². The number of esters is 1. The molecular weight excluding hydrogens is 351 g/mol. The summed E-state index contributed by atoms with van der Waals surface area (Å²) in [7, 11) is 1.19. The summed E-state index contributed by atoms with van der Waals surface area (Å²) in [5.41, 5.74) is -0.535. The highest BCUT2D eigenvalue weighted by Crippen LogP contribution is 2.37. The molecule has 0 bridgehead atoms. The molecule has 0 aliphatic rings. The quantitative estimate of drug-likeness (QED) is 0.517. The second-order valence-corrected chi connectivity index (χ2v) is 5.17. The van der Waals surface area contributed by atoms with E-state index in [-0.39, 0.29) is 27.1 Å². The summed E-state index contributed by atoms with van der Waals surface area (Å²) in [4.78, 5) is 15.6. The van der Waals surface area contributed by atoms with E-state index in [2.05, 4.69) is 14.8 Å². The molecule has 2 heterocycles. The summed E-state index contributed by atoms with van der Waals surface area (Å²) in [5.74, 6) is -2.39. The van der Waals surface area contributed by atoms with E-state index in [0.717, 1.165) is 16.6 Å². The van der Waals surface area contributed by atoms with Gasteiger partial charge in [0.1, 0.15) is 27.5 Å². The van der Waals surface area contributed by atoms with Crippen LogP contribution in [0.2, 0.25) is 10.3 Å². The van der Waals surface area contributed by atoms with Gasteiger partial charge in [0.05, 0.1) is 24.4 Å². The first kappa shape index (κ1) is 15.6. The summed E-state index contributed by atoms with van der Waals surface area (Å²) in [6, 6.07) is 3.35. The Bertz CT molecular complexity index is 923. The van der Waals surface area contributed by atoms with Gasteiger partial charge in [0, 0.05) is 0 Å². The zero-order valence-corrected chi connectivity index (χ0v) is 13.0. The molecule has 0 spiro atoms. The van der Waals surface area contributed by atoms with Crippen molar-refractivity contribution in [1.29, 1.82) is 0 Å². The second kappa shape index (κ2) is 5.75. The largest absolute Gasteiger partial charge is 0.465 e. The number of benzene rings is 1. The molecule has 0 saturated carbocycles. The van der Waals surface area contributed by atoms with Crippen molar-refractivity contribution in [2.24, 2.45) is 0 Å². The zero-order chi connectivity index (χ0) is 16.7. The lowest BCUT2D eigenvalue weighted by atomic mass is 10.1. The fourth-order valence-electron chi connectivity index (χ4n) is 2.13. The van der Waals surface area contributed by atoms with E-state index < -0.39 is 23.2 Å². The van der Waals surface area contributed by atoms with Crippen LogP contribution in [0.4, 0.5) is 8.78 Å². The molecule has 0 aliphatic heterocycles. The number of aromatic nitrogens is 3. The van der Waals surface area contributed by atoms with Crippen molar-refractivity contribution in [2.45, 2.75) is 0 Å². The first-order valence-corrected chi connectivity index (χ1v) is 6.96. The highest BCUT2D eigenvalue weighted by Gasteiger charge is 2.24. The third-order valence-corrected chi connectivity index (χ3v) is 3.79. The van der Waals surface area contributed by atoms with E-state index in [0.29, 0.717) is 0 Å². The molecule has 9 heteroatoms. The molecule has 5 nitrogen and oxygen atoms in total. The molecule has 118 valence electrons. The third-order valence-electron chi connectivity index (χ3n) is 3.16. The van der Waals surface area contributed by atoms with Gasteiger partial charge >= 0.3 is 5.97 Å². The van der Waals surface area contributed by atoms with Gasteiger partial charge in [0.2, 0.25) is 0 Å². The molecule has 0 fully saturated rings. The molecule has 0 aliphatic carbocycles. The van der Waals surface area contributed by atoms with E-state index in [4.69, 9.17) is 23.2 Å². The molecule has 1 aromatic carbocycles. The van der Waals surface area contributed by atoms with Gasteiger partial charge in [-0.3, -0.25) is 0 Å². The fourth-order valence-corrected chi connectivity index (χ4v) is 2.75. The van der Waals surface area contributed by atoms with Gasteiger partial charge in [0.25, 0.3) is 0 Å². The van der Waals surface area contributed by atoms with Gasteiger partial charge in [-0.25, -0.2) is 23.1 Å². The molecular formula is C14H7Cl2F2N3O2. The van der Waals surface area contributed by atoms with Gasteiger partial charge < -0.3 is 4.74 Å². The van der Waals surface area contributed by atoms with Crippen LogP contribution in [0.5, 0.6) is 0 Å². The number of hydrogen-bond donors (Lipinski definition) is 0. The summed E-state index contributed by atoms with van der Waals surface area (Å²) >= 11 is 12.2. The van der Waals surface area contributed by atoms with Gasteiger partial charge in [0.15, 0.2) is 5.65 Å². The van der Waals surface area contributed by atoms with Crippen molar-refractivity contribution in [3.05, 3.63) is 51.9 Å². The molecule has 0 atom stereocenters. The molecule has 0 unspecified atom stereocenters. The lowest BCUT2D eigenvalue weighted by Gasteiger charge is -2.10. The Balaban J connectivity index is 2.35. The minimum Gasteiger partial charge on any atom is -0.465 e. The number of ether oxygens (including phenoxy) is 1. The lowest BCUT2D eigenvalue weighted by Crippen LogP contribution is -2.04. The maximum absolute atomic E-state index is 14.0. The monoisotopic (exact) mass is 357 g/mol. The van der Waals surface area contributed by atoms with E-state index in [1.165, 1.54) is 19.4 Å². The van der Waals surface area contributed by atoms with Crippen LogP contribution in [0.3, 0.4) is 0 Å². The number of methoxy groups -OCH3 is 1. The van der Waals surface area contributed by atoms with Crippen LogP contribution in [0.1, 0.15) is 10.4 Å². The second-order valence-electron chi connectivity index (χ2n) is 4.45. The minimum absolute atomic E-state index is 0.0207. The molecule has 0 saturated heterocycles. The first-order valence-electron chi connectivity index (χ1n) is 6.21. The Morgan fingerprint density at radius 1 is 1.22 bits per heavy atom. The van der Waals surface area contributed by atoms with Crippen LogP contribution in [-0.2, 0) is 4.74 Å². The van der Waals surface area contributed by atoms with Gasteiger partial charge in [-0.1, -0.05) is 29.3 Å². The van der Waals surface area contributed by atoms with Gasteiger partial charge in [-0.05, 0) is 12.1 Å². The smallest absolute Gasteiger partial charge is 0.343 e. The van der Waals surface area contributed by atoms with Crippen molar-refractivity contribution in [3.8, 4) is 11.1 Å². The van der Waals surface area contributed by atoms with Crippen LogP contribution in [-0.4, -0.2) is 27.7 Å². The predicted octanol–water partition coefficient (Wildman–Crippen LogP) is 3.77. The highest BCUT2D eigenvalue weighted by molar-refractivity contribution is 6.38. The van der Waals surface area contributed by atoms with E-state index in [9.17, 15) is 13.6 Å². The molecule has 0 radical (unpaired) electrons. The average Bonchev–Trinajstić information content (AvgIpc) is 2.93.